The van der Waals surface area contributed by atoms with Crippen LogP contribution in [0.3, 0.4) is 0 Å². The van der Waals surface area contributed by atoms with Gasteiger partial charge < -0.3 is 9.84 Å². The third-order valence-electron chi connectivity index (χ3n) is 3.83. The van der Waals surface area contributed by atoms with Gasteiger partial charge in [0.25, 0.3) is 0 Å². The number of halogens is 1. The van der Waals surface area contributed by atoms with Crippen LogP contribution in [0, 0.1) is 5.82 Å². The highest BCUT2D eigenvalue weighted by Gasteiger charge is 2.29. The third kappa shape index (κ3) is 3.76. The average molecular weight is 339 g/mol. The predicted molar refractivity (Wildman–Crippen MR) is 81.0 cm³/mol. The number of hydrogen-bond donors (Lipinski definition) is 1. The molecule has 23 heavy (non-hydrogen) atoms. The number of hydrogen-bond acceptors (Lipinski definition) is 6. The lowest BCUT2D eigenvalue weighted by Gasteiger charge is -2.13. The Bertz CT molecular complexity index is 815. The first-order chi connectivity index (χ1) is 10.8. The van der Waals surface area contributed by atoms with Crippen LogP contribution in [0.2, 0.25) is 0 Å². The molecule has 1 aliphatic rings. The summed E-state index contributed by atoms with van der Waals surface area (Å²) in [5.74, 6) is 0.908. The number of aromatic nitrogens is 2. The van der Waals surface area contributed by atoms with Gasteiger partial charge in [0.2, 0.25) is 5.89 Å². The molecule has 3 rings (SSSR count). The highest BCUT2D eigenvalue weighted by atomic mass is 32.2. The lowest BCUT2D eigenvalue weighted by Crippen LogP contribution is -2.19. The molecule has 0 radical (unpaired) electrons. The highest BCUT2D eigenvalue weighted by molar-refractivity contribution is 7.90. The van der Waals surface area contributed by atoms with Gasteiger partial charge >= 0.3 is 0 Å². The van der Waals surface area contributed by atoms with E-state index in [4.69, 9.17) is 4.52 Å². The zero-order valence-electron chi connectivity index (χ0n) is 12.9. The van der Waals surface area contributed by atoms with Crippen molar-refractivity contribution in [3.8, 4) is 0 Å². The van der Waals surface area contributed by atoms with Gasteiger partial charge in [0.05, 0.1) is 6.54 Å². The number of nitrogens with zero attached hydrogens (tertiary/aromatic N) is 2. The smallest absolute Gasteiger partial charge is 0.229 e. The van der Waals surface area contributed by atoms with Crippen LogP contribution < -0.4 is 5.32 Å². The van der Waals surface area contributed by atoms with Crippen molar-refractivity contribution < 1.29 is 17.3 Å². The second-order valence-corrected chi connectivity index (χ2v) is 7.87. The molecular weight excluding hydrogens is 321 g/mol. The van der Waals surface area contributed by atoms with Crippen molar-refractivity contribution in [3.05, 3.63) is 41.3 Å². The van der Waals surface area contributed by atoms with Crippen molar-refractivity contribution in [2.45, 2.75) is 43.2 Å². The first-order valence-electron chi connectivity index (χ1n) is 7.40. The van der Waals surface area contributed by atoms with E-state index in [1.165, 1.54) is 12.1 Å². The van der Waals surface area contributed by atoms with Crippen LogP contribution in [0.1, 0.15) is 49.0 Å². The van der Waals surface area contributed by atoms with E-state index >= 15 is 0 Å². The number of sulfone groups is 1. The minimum absolute atomic E-state index is 0.180. The molecule has 1 N–H and O–H groups in total. The quantitative estimate of drug-likeness (QED) is 0.869. The van der Waals surface area contributed by atoms with Gasteiger partial charge in [-0.15, -0.1) is 0 Å². The third-order valence-corrected chi connectivity index (χ3v) is 4.96. The Balaban J connectivity index is 1.65. The minimum Gasteiger partial charge on any atom is -0.339 e. The molecular formula is C15H18FN3O3S. The van der Waals surface area contributed by atoms with E-state index < -0.39 is 15.7 Å². The standard InChI is InChI=1S/C15H18FN3O3S/c1-9(11-5-6-13(12(16)7-11)23(2,20)21)17-8-14-18-15(22-19-14)10-3-4-10/h5-7,9-10,17H,3-4,8H2,1-2H3. The maximum Gasteiger partial charge on any atom is 0.229 e. The molecule has 0 saturated heterocycles. The second-order valence-electron chi connectivity index (χ2n) is 5.89. The second kappa shape index (κ2) is 6.01. The molecule has 1 saturated carbocycles. The molecule has 8 heteroatoms. The predicted octanol–water partition coefficient (Wildman–Crippen LogP) is 2.34. The van der Waals surface area contributed by atoms with Gasteiger partial charge in [-0.2, -0.15) is 4.98 Å². The Kier molecular flexibility index (Phi) is 4.20. The van der Waals surface area contributed by atoms with Gasteiger partial charge in [-0.05, 0) is 37.5 Å². The number of nitrogens with one attached hydrogen (secondary N) is 1. The van der Waals surface area contributed by atoms with Gasteiger partial charge in [-0.3, -0.25) is 0 Å². The molecule has 2 aromatic rings. The van der Waals surface area contributed by atoms with Crippen LogP contribution >= 0.6 is 0 Å². The molecule has 0 bridgehead atoms. The van der Waals surface area contributed by atoms with Gasteiger partial charge in [-0.25, -0.2) is 12.8 Å². The topological polar surface area (TPSA) is 85.1 Å². The molecule has 0 spiro atoms. The fraction of sp³-hybridized carbons (Fsp3) is 0.467. The van der Waals surface area contributed by atoms with Crippen LogP contribution in [-0.4, -0.2) is 24.8 Å². The van der Waals surface area contributed by atoms with Crippen molar-refractivity contribution in [1.29, 1.82) is 0 Å². The van der Waals surface area contributed by atoms with Crippen molar-refractivity contribution in [2.24, 2.45) is 0 Å². The molecule has 6 nitrogen and oxygen atoms in total. The summed E-state index contributed by atoms with van der Waals surface area (Å²) in [7, 11) is -3.56. The van der Waals surface area contributed by atoms with Crippen molar-refractivity contribution >= 4 is 9.84 Å². The monoisotopic (exact) mass is 339 g/mol. The summed E-state index contributed by atoms with van der Waals surface area (Å²) in [6, 6.07) is 3.95. The highest BCUT2D eigenvalue weighted by Crippen LogP contribution is 2.38. The lowest BCUT2D eigenvalue weighted by molar-refractivity contribution is 0.371. The van der Waals surface area contributed by atoms with Crippen molar-refractivity contribution in [3.63, 3.8) is 0 Å². The maximum atomic E-state index is 13.9. The first-order valence-corrected chi connectivity index (χ1v) is 9.29. The van der Waals surface area contributed by atoms with Gasteiger partial charge in [0.15, 0.2) is 15.7 Å². The van der Waals surface area contributed by atoms with Gasteiger partial charge in [0.1, 0.15) is 10.7 Å². The fourth-order valence-corrected chi connectivity index (χ4v) is 3.01. The zero-order chi connectivity index (χ0) is 16.6. The van der Waals surface area contributed by atoms with E-state index in [1.807, 2.05) is 6.92 Å². The summed E-state index contributed by atoms with van der Waals surface area (Å²) in [4.78, 5) is 4.02. The van der Waals surface area contributed by atoms with E-state index in [-0.39, 0.29) is 10.9 Å². The molecule has 0 amide bonds. The summed E-state index contributed by atoms with van der Waals surface area (Å²) in [6.45, 7) is 2.25. The van der Waals surface area contributed by atoms with E-state index in [0.717, 1.165) is 19.1 Å². The number of benzene rings is 1. The molecule has 1 aromatic heterocycles. The lowest BCUT2D eigenvalue weighted by atomic mass is 10.1. The van der Waals surface area contributed by atoms with Crippen LogP contribution in [0.15, 0.2) is 27.6 Å². The summed E-state index contributed by atoms with van der Waals surface area (Å²) >= 11 is 0. The molecule has 1 atom stereocenters. The van der Waals surface area contributed by atoms with E-state index in [9.17, 15) is 12.8 Å². The Morgan fingerprint density at radius 3 is 2.78 bits per heavy atom. The van der Waals surface area contributed by atoms with Crippen LogP contribution in [0.5, 0.6) is 0 Å². The largest absolute Gasteiger partial charge is 0.339 e. The molecule has 1 heterocycles. The first kappa shape index (κ1) is 16.1. The molecule has 0 aliphatic heterocycles. The zero-order valence-corrected chi connectivity index (χ0v) is 13.7. The summed E-state index contributed by atoms with van der Waals surface area (Å²) in [5, 5.41) is 7.08. The average Bonchev–Trinajstić information content (AvgIpc) is 3.22. The summed E-state index contributed by atoms with van der Waals surface area (Å²) in [5.41, 5.74) is 0.654. The van der Waals surface area contributed by atoms with E-state index in [2.05, 4.69) is 15.5 Å². The van der Waals surface area contributed by atoms with Gasteiger partial charge in [0, 0.05) is 18.2 Å². The van der Waals surface area contributed by atoms with Crippen LogP contribution in [-0.2, 0) is 16.4 Å². The Morgan fingerprint density at radius 2 is 2.17 bits per heavy atom. The van der Waals surface area contributed by atoms with E-state index in [1.54, 1.807) is 6.07 Å². The Morgan fingerprint density at radius 1 is 1.43 bits per heavy atom. The molecule has 124 valence electrons. The molecule has 1 fully saturated rings. The SMILES string of the molecule is CC(NCc1noc(C2CC2)n1)c1ccc(S(C)(=O)=O)c(F)c1. The van der Waals surface area contributed by atoms with Gasteiger partial charge in [-0.1, -0.05) is 11.2 Å². The molecule has 1 aromatic carbocycles. The van der Waals surface area contributed by atoms with Crippen molar-refractivity contribution in [1.82, 2.24) is 15.5 Å². The van der Waals surface area contributed by atoms with Crippen molar-refractivity contribution in [2.75, 3.05) is 6.26 Å². The summed E-state index contributed by atoms with van der Waals surface area (Å²) in [6.07, 6.45) is 3.18. The molecule has 1 unspecified atom stereocenters. The molecule has 1 aliphatic carbocycles. The number of rotatable bonds is 6. The van der Waals surface area contributed by atoms with Crippen LogP contribution in [0.25, 0.3) is 0 Å². The maximum absolute atomic E-state index is 13.9. The van der Waals surface area contributed by atoms with Crippen LogP contribution in [0.4, 0.5) is 4.39 Å². The fourth-order valence-electron chi connectivity index (χ4n) is 2.28. The normalized spacial score (nSPS) is 16.5. The minimum atomic E-state index is -3.56. The van der Waals surface area contributed by atoms with E-state index in [0.29, 0.717) is 29.7 Å². The Labute approximate surface area is 134 Å². The summed E-state index contributed by atoms with van der Waals surface area (Å²) < 4.78 is 41.9. The Hall–Kier alpha value is -1.80.